The molecule has 166 valence electrons. The van der Waals surface area contributed by atoms with Crippen molar-refractivity contribution in [1.82, 2.24) is 19.9 Å². The van der Waals surface area contributed by atoms with Crippen LogP contribution < -0.4 is 5.32 Å². The minimum absolute atomic E-state index is 0.210. The number of hydrogen-bond donors (Lipinski definition) is 2. The van der Waals surface area contributed by atoms with E-state index >= 15 is 0 Å². The Labute approximate surface area is 190 Å². The summed E-state index contributed by atoms with van der Waals surface area (Å²) in [6.07, 6.45) is 4.47. The molecule has 1 aromatic carbocycles. The van der Waals surface area contributed by atoms with Gasteiger partial charge in [-0.05, 0) is 30.5 Å². The van der Waals surface area contributed by atoms with Gasteiger partial charge in [0, 0.05) is 50.3 Å². The highest BCUT2D eigenvalue weighted by Crippen LogP contribution is 2.36. The molecule has 0 saturated carbocycles. The summed E-state index contributed by atoms with van der Waals surface area (Å²) in [5, 5.41) is 17.0. The van der Waals surface area contributed by atoms with E-state index in [2.05, 4.69) is 15.3 Å². The number of aliphatic hydroxyl groups is 1. The summed E-state index contributed by atoms with van der Waals surface area (Å²) in [5.41, 5.74) is 1.48. The van der Waals surface area contributed by atoms with E-state index < -0.39 is 5.60 Å². The third kappa shape index (κ3) is 3.99. The summed E-state index contributed by atoms with van der Waals surface area (Å²) < 4.78 is 5.64. The Morgan fingerprint density at radius 3 is 3.00 bits per heavy atom. The van der Waals surface area contributed by atoms with Crippen molar-refractivity contribution in [3.05, 3.63) is 47.5 Å². The number of carbonyl (C=O) groups is 1. The fourth-order valence-corrected chi connectivity index (χ4v) is 4.96. The molecule has 4 heterocycles. The quantitative estimate of drug-likeness (QED) is 0.594. The zero-order valence-corrected chi connectivity index (χ0v) is 18.6. The second kappa shape index (κ2) is 8.57. The van der Waals surface area contributed by atoms with E-state index in [4.69, 9.17) is 9.72 Å². The van der Waals surface area contributed by atoms with E-state index in [1.807, 2.05) is 29.6 Å². The maximum atomic E-state index is 12.5. The highest BCUT2D eigenvalue weighted by atomic mass is 32.1. The SMILES string of the molecule is CN1CC[C@@](O)(c2cccc(-c3nc(-c4ccnc(NC[C@@H]5CCCO5)n4)cs3)c2)C1=O. The number of likely N-dealkylation sites (N-methyl/N-ethyl adjacent to an activating group) is 1. The van der Waals surface area contributed by atoms with Crippen LogP contribution in [0.5, 0.6) is 0 Å². The lowest BCUT2D eigenvalue weighted by atomic mass is 9.91. The predicted molar refractivity (Wildman–Crippen MR) is 122 cm³/mol. The molecule has 1 amide bonds. The van der Waals surface area contributed by atoms with Gasteiger partial charge in [-0.1, -0.05) is 18.2 Å². The fraction of sp³-hybridized carbons (Fsp3) is 0.391. The Balaban J connectivity index is 1.35. The number of anilines is 1. The minimum Gasteiger partial charge on any atom is -0.376 e. The van der Waals surface area contributed by atoms with Gasteiger partial charge in [0.15, 0.2) is 5.60 Å². The maximum absolute atomic E-state index is 12.5. The first-order valence-corrected chi connectivity index (χ1v) is 11.6. The van der Waals surface area contributed by atoms with Crippen LogP contribution in [0.2, 0.25) is 0 Å². The highest BCUT2D eigenvalue weighted by molar-refractivity contribution is 7.13. The fourth-order valence-electron chi connectivity index (χ4n) is 4.15. The van der Waals surface area contributed by atoms with Crippen molar-refractivity contribution >= 4 is 23.2 Å². The summed E-state index contributed by atoms with van der Waals surface area (Å²) in [4.78, 5) is 27.7. The molecule has 2 aliphatic rings. The zero-order valence-electron chi connectivity index (χ0n) is 17.8. The van der Waals surface area contributed by atoms with Gasteiger partial charge in [-0.2, -0.15) is 0 Å². The van der Waals surface area contributed by atoms with Gasteiger partial charge in [0.05, 0.1) is 11.8 Å². The number of thiazole rings is 1. The molecule has 0 spiro atoms. The number of carbonyl (C=O) groups excluding carboxylic acids is 1. The molecule has 2 saturated heterocycles. The second-order valence-corrected chi connectivity index (χ2v) is 9.10. The van der Waals surface area contributed by atoms with E-state index in [0.717, 1.165) is 41.4 Å². The average Bonchev–Trinajstić information content (AvgIpc) is 3.57. The molecule has 9 heteroatoms. The van der Waals surface area contributed by atoms with Crippen LogP contribution in [-0.4, -0.2) is 63.7 Å². The number of likely N-dealkylation sites (tertiary alicyclic amines) is 1. The van der Waals surface area contributed by atoms with Crippen LogP contribution in [-0.2, 0) is 15.1 Å². The van der Waals surface area contributed by atoms with E-state index in [-0.39, 0.29) is 12.0 Å². The largest absolute Gasteiger partial charge is 0.376 e. The number of aromatic nitrogens is 3. The van der Waals surface area contributed by atoms with Crippen molar-refractivity contribution in [1.29, 1.82) is 0 Å². The molecule has 2 fully saturated rings. The van der Waals surface area contributed by atoms with Crippen LogP contribution in [0, 0.1) is 0 Å². The van der Waals surface area contributed by atoms with Crippen LogP contribution >= 0.6 is 11.3 Å². The Morgan fingerprint density at radius 1 is 1.31 bits per heavy atom. The Kier molecular flexibility index (Phi) is 5.62. The van der Waals surface area contributed by atoms with Gasteiger partial charge in [0.1, 0.15) is 10.7 Å². The van der Waals surface area contributed by atoms with Crippen molar-refractivity contribution < 1.29 is 14.6 Å². The van der Waals surface area contributed by atoms with Crippen molar-refractivity contribution in [3.8, 4) is 22.0 Å². The molecule has 8 nitrogen and oxygen atoms in total. The van der Waals surface area contributed by atoms with E-state index in [1.54, 1.807) is 24.2 Å². The maximum Gasteiger partial charge on any atom is 0.258 e. The number of rotatable bonds is 6. The van der Waals surface area contributed by atoms with E-state index in [9.17, 15) is 9.90 Å². The summed E-state index contributed by atoms with van der Waals surface area (Å²) >= 11 is 1.50. The number of ether oxygens (including phenoxy) is 1. The first kappa shape index (κ1) is 21.0. The second-order valence-electron chi connectivity index (χ2n) is 8.24. The van der Waals surface area contributed by atoms with Crippen LogP contribution in [0.3, 0.4) is 0 Å². The normalized spacial score (nSPS) is 23.1. The minimum atomic E-state index is -1.47. The van der Waals surface area contributed by atoms with Crippen molar-refractivity contribution in [3.63, 3.8) is 0 Å². The van der Waals surface area contributed by atoms with Gasteiger partial charge >= 0.3 is 0 Å². The lowest BCUT2D eigenvalue weighted by Crippen LogP contribution is -2.36. The van der Waals surface area contributed by atoms with Gasteiger partial charge in [0.25, 0.3) is 5.91 Å². The van der Waals surface area contributed by atoms with Gasteiger partial charge in [-0.3, -0.25) is 4.79 Å². The number of nitrogens with zero attached hydrogens (tertiary/aromatic N) is 4. The van der Waals surface area contributed by atoms with Crippen LogP contribution in [0.25, 0.3) is 22.0 Å². The van der Waals surface area contributed by atoms with Crippen molar-refractivity contribution in [2.24, 2.45) is 0 Å². The molecule has 2 aromatic heterocycles. The van der Waals surface area contributed by atoms with E-state index in [0.29, 0.717) is 31.0 Å². The summed E-state index contributed by atoms with van der Waals surface area (Å²) in [6.45, 7) is 2.05. The lowest BCUT2D eigenvalue weighted by Gasteiger charge is -2.21. The molecule has 0 bridgehead atoms. The average molecular weight is 452 g/mol. The molecule has 2 N–H and O–H groups in total. The van der Waals surface area contributed by atoms with Crippen molar-refractivity contribution in [2.75, 3.05) is 32.1 Å². The summed E-state index contributed by atoms with van der Waals surface area (Å²) in [5.74, 6) is 0.291. The molecular weight excluding hydrogens is 426 g/mol. The number of amides is 1. The zero-order chi connectivity index (χ0) is 22.1. The standard InChI is InChI=1S/C23H25N5O3S/c1-28-10-8-23(30,21(28)29)16-5-2-4-15(12-16)20-26-19(14-32-20)18-7-9-24-22(27-18)25-13-17-6-3-11-31-17/h2,4-5,7,9,12,14,17,30H,3,6,8,10-11,13H2,1H3,(H,24,25,27)/t17-,23+/m0/s1. The smallest absolute Gasteiger partial charge is 0.258 e. The highest BCUT2D eigenvalue weighted by Gasteiger charge is 2.45. The van der Waals surface area contributed by atoms with Crippen LogP contribution in [0.4, 0.5) is 5.95 Å². The number of nitrogens with one attached hydrogen (secondary N) is 1. The molecule has 2 atom stereocenters. The predicted octanol–water partition coefficient (Wildman–Crippen LogP) is 2.91. The molecule has 5 rings (SSSR count). The Bertz CT molecular complexity index is 1130. The number of hydrogen-bond acceptors (Lipinski definition) is 8. The third-order valence-electron chi connectivity index (χ3n) is 6.03. The van der Waals surface area contributed by atoms with Gasteiger partial charge in [-0.25, -0.2) is 15.0 Å². The van der Waals surface area contributed by atoms with Crippen molar-refractivity contribution in [2.45, 2.75) is 31.0 Å². The Morgan fingerprint density at radius 2 is 2.22 bits per heavy atom. The summed E-state index contributed by atoms with van der Waals surface area (Å²) in [6, 6.07) is 9.28. The van der Waals surface area contributed by atoms with Gasteiger partial charge < -0.3 is 20.1 Å². The Hall–Kier alpha value is -2.88. The lowest BCUT2D eigenvalue weighted by molar-refractivity contribution is -0.143. The molecule has 0 unspecified atom stereocenters. The third-order valence-corrected chi connectivity index (χ3v) is 6.92. The topological polar surface area (TPSA) is 100 Å². The van der Waals surface area contributed by atoms with Gasteiger partial charge in [0.2, 0.25) is 5.95 Å². The molecule has 2 aliphatic heterocycles. The monoisotopic (exact) mass is 451 g/mol. The van der Waals surface area contributed by atoms with Gasteiger partial charge in [-0.15, -0.1) is 11.3 Å². The molecule has 0 radical (unpaired) electrons. The first-order chi connectivity index (χ1) is 15.5. The summed E-state index contributed by atoms with van der Waals surface area (Å²) in [7, 11) is 1.71. The number of benzene rings is 1. The van der Waals surface area contributed by atoms with Crippen LogP contribution in [0.15, 0.2) is 41.9 Å². The first-order valence-electron chi connectivity index (χ1n) is 10.8. The van der Waals surface area contributed by atoms with Crippen LogP contribution in [0.1, 0.15) is 24.8 Å². The van der Waals surface area contributed by atoms with E-state index in [1.165, 1.54) is 11.3 Å². The molecular formula is C23H25N5O3S. The molecule has 3 aromatic rings. The molecule has 0 aliphatic carbocycles. The molecule has 32 heavy (non-hydrogen) atoms.